The summed E-state index contributed by atoms with van der Waals surface area (Å²) in [5.41, 5.74) is 0.602. The first-order valence-corrected chi connectivity index (χ1v) is 6.07. The van der Waals surface area contributed by atoms with Gasteiger partial charge in [-0.15, -0.1) is 0 Å². The maximum absolute atomic E-state index is 11.8. The molecule has 0 radical (unpaired) electrons. The summed E-state index contributed by atoms with van der Waals surface area (Å²) in [6.45, 7) is 3.55. The van der Waals surface area contributed by atoms with Gasteiger partial charge >= 0.3 is 5.97 Å². The van der Waals surface area contributed by atoms with Crippen LogP contribution in [0.4, 0.5) is 0 Å². The molecule has 2 aromatic heterocycles. The van der Waals surface area contributed by atoms with E-state index in [0.717, 1.165) is 0 Å². The van der Waals surface area contributed by atoms with Crippen molar-refractivity contribution in [1.82, 2.24) is 14.4 Å². The SMILES string of the molecule is CC(C)OC(=O)c1nc2c(Cl)nccn2c1Br. The maximum atomic E-state index is 11.8. The summed E-state index contributed by atoms with van der Waals surface area (Å²) in [6.07, 6.45) is 2.98. The second-order valence-electron chi connectivity index (χ2n) is 3.62. The Hall–Kier alpha value is -1.14. The molecular weight excluding hydrogens is 309 g/mol. The summed E-state index contributed by atoms with van der Waals surface area (Å²) >= 11 is 9.18. The van der Waals surface area contributed by atoms with Crippen LogP contribution in [0.3, 0.4) is 0 Å². The van der Waals surface area contributed by atoms with Crippen LogP contribution in [-0.2, 0) is 4.74 Å². The van der Waals surface area contributed by atoms with Gasteiger partial charge in [0.1, 0.15) is 4.60 Å². The molecule has 0 fully saturated rings. The van der Waals surface area contributed by atoms with Gasteiger partial charge in [-0.3, -0.25) is 4.40 Å². The van der Waals surface area contributed by atoms with Crippen molar-refractivity contribution >= 4 is 39.1 Å². The summed E-state index contributed by atoms with van der Waals surface area (Å²) in [4.78, 5) is 19.8. The largest absolute Gasteiger partial charge is 0.458 e. The molecule has 0 unspecified atom stereocenters. The first-order valence-electron chi connectivity index (χ1n) is 4.89. The molecule has 5 nitrogen and oxygen atoms in total. The van der Waals surface area contributed by atoms with Crippen LogP contribution in [-0.4, -0.2) is 26.4 Å². The number of hydrogen-bond acceptors (Lipinski definition) is 4. The van der Waals surface area contributed by atoms with Gasteiger partial charge in [0.15, 0.2) is 16.5 Å². The van der Waals surface area contributed by atoms with Crippen LogP contribution in [0, 0.1) is 0 Å². The molecule has 2 aromatic rings. The van der Waals surface area contributed by atoms with Gasteiger partial charge in [0.05, 0.1) is 6.10 Å². The molecule has 0 aliphatic heterocycles. The number of hydrogen-bond donors (Lipinski definition) is 0. The molecule has 0 bridgehead atoms. The van der Waals surface area contributed by atoms with Gasteiger partial charge in [-0.1, -0.05) is 11.6 Å². The molecule has 0 aliphatic rings. The second kappa shape index (κ2) is 4.62. The van der Waals surface area contributed by atoms with Crippen molar-refractivity contribution in [2.75, 3.05) is 0 Å². The van der Waals surface area contributed by atoms with E-state index in [-0.39, 0.29) is 17.0 Å². The Morgan fingerprint density at radius 1 is 1.59 bits per heavy atom. The Morgan fingerprint density at radius 2 is 2.29 bits per heavy atom. The van der Waals surface area contributed by atoms with Crippen molar-refractivity contribution in [2.24, 2.45) is 0 Å². The number of ether oxygens (including phenoxy) is 1. The fourth-order valence-corrected chi connectivity index (χ4v) is 2.04. The third-order valence-corrected chi connectivity index (χ3v) is 3.00. The van der Waals surface area contributed by atoms with E-state index in [4.69, 9.17) is 16.3 Å². The van der Waals surface area contributed by atoms with Gasteiger partial charge in [0.25, 0.3) is 0 Å². The zero-order chi connectivity index (χ0) is 12.6. The number of nitrogens with zero attached hydrogens (tertiary/aromatic N) is 3. The van der Waals surface area contributed by atoms with E-state index in [1.165, 1.54) is 6.20 Å². The number of rotatable bonds is 2. The Balaban J connectivity index is 2.52. The highest BCUT2D eigenvalue weighted by Gasteiger charge is 2.20. The average molecular weight is 319 g/mol. The molecule has 0 aromatic carbocycles. The fraction of sp³-hybridized carbons (Fsp3) is 0.300. The van der Waals surface area contributed by atoms with E-state index in [1.807, 2.05) is 0 Å². The molecule has 2 rings (SSSR count). The summed E-state index contributed by atoms with van der Waals surface area (Å²) in [5.74, 6) is -0.494. The Labute approximate surface area is 111 Å². The van der Waals surface area contributed by atoms with Crippen LogP contribution in [0.25, 0.3) is 5.65 Å². The van der Waals surface area contributed by atoms with E-state index in [0.29, 0.717) is 10.3 Å². The van der Waals surface area contributed by atoms with Crippen molar-refractivity contribution in [3.63, 3.8) is 0 Å². The van der Waals surface area contributed by atoms with E-state index in [9.17, 15) is 4.79 Å². The van der Waals surface area contributed by atoms with E-state index in [1.54, 1.807) is 24.4 Å². The first-order chi connectivity index (χ1) is 8.00. The highest BCUT2D eigenvalue weighted by Crippen LogP contribution is 2.23. The van der Waals surface area contributed by atoms with Crippen LogP contribution < -0.4 is 0 Å². The first kappa shape index (κ1) is 12.3. The summed E-state index contributed by atoms with van der Waals surface area (Å²) in [7, 11) is 0. The lowest BCUT2D eigenvalue weighted by Gasteiger charge is -2.05. The second-order valence-corrected chi connectivity index (χ2v) is 4.73. The van der Waals surface area contributed by atoms with Gasteiger partial charge in [0.2, 0.25) is 0 Å². The maximum Gasteiger partial charge on any atom is 0.360 e. The van der Waals surface area contributed by atoms with Crippen LogP contribution >= 0.6 is 27.5 Å². The predicted molar refractivity (Wildman–Crippen MR) is 66.2 cm³/mol. The molecule has 0 amide bonds. The Bertz CT molecular complexity index is 582. The Kier molecular flexibility index (Phi) is 3.35. The minimum atomic E-state index is -0.494. The number of halogens is 2. The van der Waals surface area contributed by atoms with Crippen molar-refractivity contribution < 1.29 is 9.53 Å². The summed E-state index contributed by atoms with van der Waals surface area (Å²) in [5, 5.41) is 0.233. The number of aromatic nitrogens is 3. The van der Waals surface area contributed by atoms with Crippen molar-refractivity contribution in [1.29, 1.82) is 0 Å². The third kappa shape index (κ3) is 2.28. The number of esters is 1. The topological polar surface area (TPSA) is 56.5 Å². The summed E-state index contributed by atoms with van der Waals surface area (Å²) in [6, 6.07) is 0. The predicted octanol–water partition coefficient (Wildman–Crippen LogP) is 2.71. The Morgan fingerprint density at radius 3 is 2.88 bits per heavy atom. The minimum Gasteiger partial charge on any atom is -0.458 e. The standard InChI is InChI=1S/C10H9BrClN3O2/c1-5(2)17-10(16)6-7(11)15-4-3-13-8(12)9(15)14-6/h3-5H,1-2H3. The average Bonchev–Trinajstić information content (AvgIpc) is 2.57. The lowest BCUT2D eigenvalue weighted by Crippen LogP contribution is -2.12. The minimum absolute atomic E-state index is 0.189. The monoisotopic (exact) mass is 317 g/mol. The van der Waals surface area contributed by atoms with Crippen molar-refractivity contribution in [3.05, 3.63) is 27.8 Å². The lowest BCUT2D eigenvalue weighted by molar-refractivity contribution is 0.0370. The molecule has 0 atom stereocenters. The van der Waals surface area contributed by atoms with Gasteiger partial charge in [-0.25, -0.2) is 14.8 Å². The molecule has 2 heterocycles. The molecule has 0 saturated heterocycles. The molecule has 7 heteroatoms. The van der Waals surface area contributed by atoms with Crippen LogP contribution in [0.1, 0.15) is 24.3 Å². The van der Waals surface area contributed by atoms with Crippen molar-refractivity contribution in [3.8, 4) is 0 Å². The zero-order valence-corrected chi connectivity index (χ0v) is 11.5. The zero-order valence-electron chi connectivity index (χ0n) is 9.15. The quantitative estimate of drug-likeness (QED) is 0.799. The van der Waals surface area contributed by atoms with Gasteiger partial charge in [0, 0.05) is 12.4 Å². The smallest absolute Gasteiger partial charge is 0.360 e. The number of carbonyl (C=O) groups excluding carboxylic acids is 1. The normalized spacial score (nSPS) is 11.1. The summed E-state index contributed by atoms with van der Waals surface area (Å²) < 4.78 is 7.21. The lowest BCUT2D eigenvalue weighted by atomic mass is 10.4. The third-order valence-electron chi connectivity index (χ3n) is 1.98. The highest BCUT2D eigenvalue weighted by molar-refractivity contribution is 9.10. The molecule has 0 aliphatic carbocycles. The molecule has 0 N–H and O–H groups in total. The van der Waals surface area contributed by atoms with Gasteiger partial charge in [-0.2, -0.15) is 0 Å². The molecular formula is C10H9BrClN3O2. The number of fused-ring (bicyclic) bond motifs is 1. The fourth-order valence-electron chi connectivity index (χ4n) is 1.32. The van der Waals surface area contributed by atoms with Crippen LogP contribution in [0.5, 0.6) is 0 Å². The van der Waals surface area contributed by atoms with E-state index < -0.39 is 5.97 Å². The van der Waals surface area contributed by atoms with Crippen molar-refractivity contribution in [2.45, 2.75) is 20.0 Å². The van der Waals surface area contributed by atoms with Crippen LogP contribution in [0.2, 0.25) is 5.15 Å². The molecule has 0 saturated carbocycles. The van der Waals surface area contributed by atoms with E-state index in [2.05, 4.69) is 25.9 Å². The van der Waals surface area contributed by atoms with Gasteiger partial charge in [-0.05, 0) is 29.8 Å². The van der Waals surface area contributed by atoms with E-state index >= 15 is 0 Å². The highest BCUT2D eigenvalue weighted by atomic mass is 79.9. The molecule has 90 valence electrons. The van der Waals surface area contributed by atoms with Crippen LogP contribution in [0.15, 0.2) is 17.0 Å². The molecule has 0 spiro atoms. The number of carbonyl (C=O) groups is 1. The van der Waals surface area contributed by atoms with Gasteiger partial charge < -0.3 is 4.74 Å². The number of imidazole rings is 1. The molecule has 17 heavy (non-hydrogen) atoms.